The van der Waals surface area contributed by atoms with Crippen LogP contribution < -0.4 is 10.1 Å². The van der Waals surface area contributed by atoms with Crippen LogP contribution in [-0.4, -0.2) is 73.8 Å². The van der Waals surface area contributed by atoms with Crippen LogP contribution in [-0.2, 0) is 0 Å². The van der Waals surface area contributed by atoms with E-state index >= 15 is 0 Å². The van der Waals surface area contributed by atoms with Crippen molar-refractivity contribution >= 4 is 5.96 Å². The normalized spacial score (nSPS) is 16.7. The van der Waals surface area contributed by atoms with Gasteiger partial charge in [0.05, 0.1) is 5.69 Å². The van der Waals surface area contributed by atoms with E-state index in [9.17, 15) is 0 Å². The second kappa shape index (κ2) is 10.3. The summed E-state index contributed by atoms with van der Waals surface area (Å²) in [6.45, 7) is 12.6. The van der Waals surface area contributed by atoms with Crippen molar-refractivity contribution in [2.24, 2.45) is 4.99 Å². The molecule has 158 valence electrons. The van der Waals surface area contributed by atoms with Gasteiger partial charge in [-0.1, -0.05) is 30.3 Å². The molecule has 0 bridgehead atoms. The molecule has 2 heterocycles. The molecule has 7 nitrogen and oxygen atoms in total. The minimum absolute atomic E-state index is 0.314. The summed E-state index contributed by atoms with van der Waals surface area (Å²) in [6, 6.07) is 10.00. The van der Waals surface area contributed by atoms with Gasteiger partial charge in [0.2, 0.25) is 0 Å². The second-order valence-corrected chi connectivity index (χ2v) is 7.56. The Kier molecular flexibility index (Phi) is 7.52. The van der Waals surface area contributed by atoms with Crippen molar-refractivity contribution in [3.8, 4) is 5.75 Å². The van der Waals surface area contributed by atoms with E-state index in [2.05, 4.69) is 32.2 Å². The average Bonchev–Trinajstić information content (AvgIpc) is 3.08. The van der Waals surface area contributed by atoms with Gasteiger partial charge < -0.3 is 19.5 Å². The van der Waals surface area contributed by atoms with E-state index in [0.29, 0.717) is 12.5 Å². The number of hydrogen-bond donors (Lipinski definition) is 1. The molecule has 1 fully saturated rings. The number of nitrogens with zero attached hydrogens (tertiary/aromatic N) is 4. The molecule has 1 saturated heterocycles. The number of hydrogen-bond acceptors (Lipinski definition) is 5. The monoisotopic (exact) mass is 399 g/mol. The molecule has 0 spiro atoms. The largest absolute Gasteiger partial charge is 0.492 e. The summed E-state index contributed by atoms with van der Waals surface area (Å²) in [7, 11) is 1.85. The zero-order chi connectivity index (χ0) is 20.6. The summed E-state index contributed by atoms with van der Waals surface area (Å²) < 4.78 is 11.1. The van der Waals surface area contributed by atoms with Crippen LogP contribution in [0, 0.1) is 13.8 Å². The van der Waals surface area contributed by atoms with Gasteiger partial charge in [0, 0.05) is 57.8 Å². The fraction of sp³-hybridized carbons (Fsp3) is 0.545. The molecule has 1 aliphatic rings. The van der Waals surface area contributed by atoms with Crippen LogP contribution >= 0.6 is 0 Å². The van der Waals surface area contributed by atoms with Crippen LogP contribution in [0.5, 0.6) is 5.75 Å². The van der Waals surface area contributed by atoms with Gasteiger partial charge in [0.1, 0.15) is 18.1 Å². The first kappa shape index (κ1) is 21.2. The van der Waals surface area contributed by atoms with E-state index in [0.717, 1.165) is 62.4 Å². The third kappa shape index (κ3) is 5.73. The summed E-state index contributed by atoms with van der Waals surface area (Å²) in [5, 5.41) is 7.59. The molecule has 3 rings (SSSR count). The molecule has 1 N–H and O–H groups in total. The molecule has 0 saturated carbocycles. The maximum atomic E-state index is 5.82. The first-order valence-electron chi connectivity index (χ1n) is 10.4. The minimum atomic E-state index is 0.314. The quantitative estimate of drug-likeness (QED) is 0.570. The molecular formula is C22H33N5O2. The Hall–Kier alpha value is -2.54. The predicted octanol–water partition coefficient (Wildman–Crippen LogP) is 2.67. The highest BCUT2D eigenvalue weighted by Gasteiger charge is 2.21. The molecule has 1 aromatic heterocycles. The summed E-state index contributed by atoms with van der Waals surface area (Å²) in [6.07, 6.45) is 0. The van der Waals surface area contributed by atoms with E-state index < -0.39 is 0 Å². The smallest absolute Gasteiger partial charge is 0.193 e. The van der Waals surface area contributed by atoms with Gasteiger partial charge in [-0.3, -0.25) is 9.89 Å². The van der Waals surface area contributed by atoms with Crippen molar-refractivity contribution in [1.82, 2.24) is 20.3 Å². The summed E-state index contributed by atoms with van der Waals surface area (Å²) in [4.78, 5) is 9.26. The lowest BCUT2D eigenvalue weighted by molar-refractivity contribution is 0.152. The summed E-state index contributed by atoms with van der Waals surface area (Å²) in [5.41, 5.74) is 2.16. The number of aliphatic imine (C=N–C) groups is 1. The Morgan fingerprint density at radius 2 is 1.93 bits per heavy atom. The van der Waals surface area contributed by atoms with Gasteiger partial charge in [0.15, 0.2) is 5.96 Å². The first-order chi connectivity index (χ1) is 14.1. The Bertz CT molecular complexity index is 762. The Labute approximate surface area is 173 Å². The van der Waals surface area contributed by atoms with E-state index in [-0.39, 0.29) is 0 Å². The standard InChI is InChI=1S/C22H33N5O2/c1-17(21-18(2)25-29-19(21)3)16-24-22(23-4)27-12-10-26(11-13-27)14-15-28-20-8-6-5-7-9-20/h5-9,17H,10-16H2,1-4H3,(H,23,24). The van der Waals surface area contributed by atoms with Crippen LogP contribution in [0.2, 0.25) is 0 Å². The van der Waals surface area contributed by atoms with Gasteiger partial charge in [-0.05, 0) is 26.0 Å². The van der Waals surface area contributed by atoms with Crippen LogP contribution in [0.25, 0.3) is 0 Å². The van der Waals surface area contributed by atoms with E-state index in [4.69, 9.17) is 9.26 Å². The van der Waals surface area contributed by atoms with Crippen molar-refractivity contribution in [3.63, 3.8) is 0 Å². The predicted molar refractivity (Wildman–Crippen MR) is 116 cm³/mol. The van der Waals surface area contributed by atoms with Gasteiger partial charge in [0.25, 0.3) is 0 Å². The number of guanidine groups is 1. The molecule has 0 aliphatic carbocycles. The zero-order valence-corrected chi connectivity index (χ0v) is 18.0. The van der Waals surface area contributed by atoms with Crippen molar-refractivity contribution < 1.29 is 9.26 Å². The van der Waals surface area contributed by atoms with Gasteiger partial charge in [-0.25, -0.2) is 0 Å². The molecule has 7 heteroatoms. The third-order valence-electron chi connectivity index (χ3n) is 5.45. The molecule has 1 aromatic carbocycles. The van der Waals surface area contributed by atoms with Crippen molar-refractivity contribution in [3.05, 3.63) is 47.3 Å². The number of benzene rings is 1. The Morgan fingerprint density at radius 1 is 1.21 bits per heavy atom. The highest BCUT2D eigenvalue weighted by Crippen LogP contribution is 2.22. The molecule has 0 amide bonds. The lowest BCUT2D eigenvalue weighted by Gasteiger charge is -2.36. The number of aromatic nitrogens is 1. The van der Waals surface area contributed by atoms with E-state index in [1.54, 1.807) is 0 Å². The van der Waals surface area contributed by atoms with Gasteiger partial charge in [-0.15, -0.1) is 0 Å². The molecule has 1 aliphatic heterocycles. The lowest BCUT2D eigenvalue weighted by Crippen LogP contribution is -2.53. The molecule has 29 heavy (non-hydrogen) atoms. The van der Waals surface area contributed by atoms with E-state index in [1.165, 1.54) is 5.56 Å². The zero-order valence-electron chi connectivity index (χ0n) is 18.0. The van der Waals surface area contributed by atoms with Crippen LogP contribution in [0.4, 0.5) is 0 Å². The Morgan fingerprint density at radius 3 is 2.55 bits per heavy atom. The number of nitrogens with one attached hydrogen (secondary N) is 1. The molecular weight excluding hydrogens is 366 g/mol. The van der Waals surface area contributed by atoms with Gasteiger partial charge in [-0.2, -0.15) is 0 Å². The second-order valence-electron chi connectivity index (χ2n) is 7.56. The Balaban J connectivity index is 1.40. The van der Waals surface area contributed by atoms with Crippen LogP contribution in [0.3, 0.4) is 0 Å². The number of piperazine rings is 1. The third-order valence-corrected chi connectivity index (χ3v) is 5.45. The highest BCUT2D eigenvalue weighted by molar-refractivity contribution is 5.80. The molecule has 2 aromatic rings. The highest BCUT2D eigenvalue weighted by atomic mass is 16.5. The number of para-hydroxylation sites is 1. The summed E-state index contributed by atoms with van der Waals surface area (Å²) >= 11 is 0. The maximum Gasteiger partial charge on any atom is 0.193 e. The number of aryl methyl sites for hydroxylation is 2. The fourth-order valence-electron chi connectivity index (χ4n) is 3.86. The average molecular weight is 400 g/mol. The molecule has 1 unspecified atom stereocenters. The summed E-state index contributed by atoms with van der Waals surface area (Å²) in [5.74, 6) is 3.11. The fourth-order valence-corrected chi connectivity index (χ4v) is 3.86. The first-order valence-corrected chi connectivity index (χ1v) is 10.4. The lowest BCUT2D eigenvalue weighted by atomic mass is 10.00. The topological polar surface area (TPSA) is 66.1 Å². The van der Waals surface area contributed by atoms with Crippen LogP contribution in [0.1, 0.15) is 29.9 Å². The number of rotatable bonds is 7. The van der Waals surface area contributed by atoms with Crippen molar-refractivity contribution in [2.75, 3.05) is 52.9 Å². The minimum Gasteiger partial charge on any atom is -0.492 e. The van der Waals surface area contributed by atoms with Crippen molar-refractivity contribution in [2.45, 2.75) is 26.7 Å². The SMILES string of the molecule is CN=C(NCC(C)c1c(C)noc1C)N1CCN(CCOc2ccccc2)CC1. The van der Waals surface area contributed by atoms with Crippen molar-refractivity contribution in [1.29, 1.82) is 0 Å². The molecule has 1 atom stereocenters. The molecule has 0 radical (unpaired) electrons. The van der Waals surface area contributed by atoms with Crippen LogP contribution in [0.15, 0.2) is 39.8 Å². The maximum absolute atomic E-state index is 5.82. The van der Waals surface area contributed by atoms with Gasteiger partial charge >= 0.3 is 0 Å². The van der Waals surface area contributed by atoms with E-state index in [1.807, 2.05) is 51.2 Å². The number of ether oxygens (including phenoxy) is 1.